The zero-order chi connectivity index (χ0) is 29.4. The van der Waals surface area contributed by atoms with E-state index in [1.807, 2.05) is 0 Å². The standard InChI is InChI=1S/C25H17.C13H21.C3H6.2ClH.Zr/c1-3-7-18(8-4-1)20-11-13-24-22(15-20)17-23-16-21(12-14-25(23)24)19-9-5-2-6-10-19;1-5-6-7-11-8-9-12(10-11)13(2,3)4;1-3-2;;;/h1-15H,17H2;9-11H,5-7H2,1-4H3;1-2H3;2*1H;/q;;;;;+2/p-2. The molecule has 1 atom stereocenters. The Morgan fingerprint density at radius 3 is 1.98 bits per heavy atom. The molecule has 0 heterocycles. The van der Waals surface area contributed by atoms with Crippen LogP contribution in [-0.2, 0) is 27.7 Å². The molecule has 0 bridgehead atoms. The first-order chi connectivity index (χ1) is 20.3. The number of hydrogen-bond acceptors (Lipinski definition) is 0. The molecule has 3 heteroatoms. The zero-order valence-corrected chi connectivity index (χ0v) is 30.9. The Balaban J connectivity index is 0.00000221. The first kappa shape index (κ1) is 34.6. The van der Waals surface area contributed by atoms with Crippen molar-refractivity contribution in [1.82, 2.24) is 0 Å². The molecule has 0 saturated carbocycles. The summed E-state index contributed by atoms with van der Waals surface area (Å²) in [6, 6.07) is 34.1. The Kier molecular flexibility index (Phi) is 11.3. The molecule has 0 saturated heterocycles. The van der Waals surface area contributed by atoms with Gasteiger partial charge in [0.2, 0.25) is 0 Å². The topological polar surface area (TPSA) is 0 Å². The molecule has 226 valence electrons. The molecule has 0 nitrogen and oxygen atoms in total. The predicted octanol–water partition coefficient (Wildman–Crippen LogP) is 4.73. The number of fused-ring (bicyclic) bond motifs is 3. The number of rotatable bonds is 7. The largest absolute Gasteiger partial charge is 1.00 e. The van der Waals surface area contributed by atoms with Crippen LogP contribution < -0.4 is 28.1 Å². The fourth-order valence-electron chi connectivity index (χ4n) is 6.93. The Morgan fingerprint density at radius 1 is 0.750 bits per heavy atom. The molecule has 0 aliphatic heterocycles. The van der Waals surface area contributed by atoms with E-state index in [1.165, 1.54) is 58.2 Å². The van der Waals surface area contributed by atoms with Crippen LogP contribution in [0.5, 0.6) is 0 Å². The van der Waals surface area contributed by atoms with E-state index in [1.54, 1.807) is 20.9 Å². The first-order valence-corrected chi connectivity index (χ1v) is 19.5. The van der Waals surface area contributed by atoms with Gasteiger partial charge in [-0.3, -0.25) is 0 Å². The molecule has 4 aromatic carbocycles. The Morgan fingerprint density at radius 2 is 1.36 bits per heavy atom. The third kappa shape index (κ3) is 6.77. The zero-order valence-electron chi connectivity index (χ0n) is 27.0. The van der Waals surface area contributed by atoms with Crippen LogP contribution in [0.3, 0.4) is 0 Å². The summed E-state index contributed by atoms with van der Waals surface area (Å²) >= 11 is -2.47. The number of unbranched alkanes of at least 4 members (excludes halogenated alkanes) is 1. The van der Waals surface area contributed by atoms with Crippen molar-refractivity contribution in [2.75, 3.05) is 0 Å². The van der Waals surface area contributed by atoms with Gasteiger partial charge in [-0.15, -0.1) is 0 Å². The van der Waals surface area contributed by atoms with Gasteiger partial charge in [-0.1, -0.05) is 0 Å². The third-order valence-electron chi connectivity index (χ3n) is 9.13. The minimum Gasteiger partial charge on any atom is -1.00 e. The molecular weight excluding hydrogens is 655 g/mol. The molecule has 6 rings (SSSR count). The minimum absolute atomic E-state index is 0. The van der Waals surface area contributed by atoms with Gasteiger partial charge in [0.05, 0.1) is 0 Å². The van der Waals surface area contributed by atoms with Gasteiger partial charge in [-0.2, -0.15) is 0 Å². The molecule has 0 spiro atoms. The first-order valence-electron chi connectivity index (χ1n) is 15.8. The number of hydrogen-bond donors (Lipinski definition) is 0. The van der Waals surface area contributed by atoms with Gasteiger partial charge in [-0.25, -0.2) is 0 Å². The molecule has 0 fully saturated rings. The van der Waals surface area contributed by atoms with Crippen molar-refractivity contribution >= 4 is 6.48 Å². The maximum atomic E-state index is 2.67. The molecule has 1 unspecified atom stereocenters. The average Bonchev–Trinajstić information content (AvgIpc) is 3.58. The number of allylic oxidation sites excluding steroid dienone is 4. The van der Waals surface area contributed by atoms with Gasteiger partial charge in [0.1, 0.15) is 0 Å². The van der Waals surface area contributed by atoms with Crippen LogP contribution in [0, 0.1) is 11.3 Å². The van der Waals surface area contributed by atoms with Gasteiger partial charge in [0.25, 0.3) is 0 Å². The van der Waals surface area contributed by atoms with Crippen molar-refractivity contribution < 1.29 is 46.1 Å². The van der Waals surface area contributed by atoms with E-state index in [9.17, 15) is 0 Å². The number of benzene rings is 4. The Labute approximate surface area is 285 Å². The molecule has 0 N–H and O–H groups in total. The van der Waals surface area contributed by atoms with Crippen LogP contribution in [0.1, 0.15) is 71.9 Å². The molecule has 0 aromatic heterocycles. The quantitative estimate of drug-likeness (QED) is 0.231. The van der Waals surface area contributed by atoms with Gasteiger partial charge in [0.15, 0.2) is 0 Å². The van der Waals surface area contributed by atoms with Crippen LogP contribution in [0.2, 0.25) is 0 Å². The summed E-state index contributed by atoms with van der Waals surface area (Å²) in [7, 11) is 0. The van der Waals surface area contributed by atoms with Crippen molar-refractivity contribution in [2.24, 2.45) is 11.3 Å². The van der Waals surface area contributed by atoms with Crippen molar-refractivity contribution in [2.45, 2.75) is 67.2 Å². The van der Waals surface area contributed by atoms with Crippen LogP contribution in [0.25, 0.3) is 33.4 Å². The summed E-state index contributed by atoms with van der Waals surface area (Å²) in [6.07, 6.45) is 10.2. The van der Waals surface area contributed by atoms with Crippen molar-refractivity contribution in [3.8, 4) is 33.4 Å². The van der Waals surface area contributed by atoms with Gasteiger partial charge < -0.3 is 24.8 Å². The number of halogens is 2. The Bertz CT molecular complexity index is 1720. The van der Waals surface area contributed by atoms with Gasteiger partial charge in [0, 0.05) is 0 Å². The third-order valence-corrected chi connectivity index (χ3v) is 16.9. The second kappa shape index (κ2) is 14.4. The van der Waals surface area contributed by atoms with Crippen molar-refractivity contribution in [3.63, 3.8) is 0 Å². The van der Waals surface area contributed by atoms with E-state index in [0.717, 1.165) is 6.42 Å². The fraction of sp³-hybridized carbons (Fsp3) is 0.293. The van der Waals surface area contributed by atoms with Crippen molar-refractivity contribution in [1.29, 1.82) is 0 Å². The van der Waals surface area contributed by atoms with Gasteiger partial charge in [-0.05, 0) is 0 Å². The molecule has 4 aromatic rings. The van der Waals surface area contributed by atoms with Crippen LogP contribution >= 0.6 is 0 Å². The van der Waals surface area contributed by atoms with E-state index in [4.69, 9.17) is 0 Å². The summed E-state index contributed by atoms with van der Waals surface area (Å²) in [5.74, 6) is 0.580. The molecule has 2 aliphatic carbocycles. The minimum atomic E-state index is -2.47. The van der Waals surface area contributed by atoms with Crippen LogP contribution in [0.4, 0.5) is 0 Å². The molecule has 44 heavy (non-hydrogen) atoms. The molecule has 2 aliphatic rings. The maximum absolute atomic E-state index is 2.67. The van der Waals surface area contributed by atoms with E-state index in [-0.39, 0.29) is 30.2 Å². The fourth-order valence-corrected chi connectivity index (χ4v) is 15.0. The van der Waals surface area contributed by atoms with Crippen LogP contribution in [0.15, 0.2) is 112 Å². The SMILES string of the molecule is CCCCC1C=C(C(C)(C)C)C=[C]1[Zr+2](=[C](C)C)[c]1c(-c2ccccc2)ccc2c1Cc1cc(-c3ccccc3)ccc1-2.[Cl-].[Cl-]. The van der Waals surface area contributed by atoms with E-state index in [0.29, 0.717) is 5.92 Å². The summed E-state index contributed by atoms with van der Waals surface area (Å²) in [4.78, 5) is 0. The van der Waals surface area contributed by atoms with E-state index in [2.05, 4.69) is 145 Å². The van der Waals surface area contributed by atoms with E-state index < -0.39 is 21.3 Å². The summed E-state index contributed by atoms with van der Waals surface area (Å²) in [5, 5.41) is 0. The second-order valence-electron chi connectivity index (χ2n) is 13.4. The smallest absolute Gasteiger partial charge is 1.00 e. The average molecular weight is 699 g/mol. The monoisotopic (exact) mass is 696 g/mol. The summed E-state index contributed by atoms with van der Waals surface area (Å²) < 4.78 is 5.19. The summed E-state index contributed by atoms with van der Waals surface area (Å²) in [6.45, 7) is 14.4. The second-order valence-corrected chi connectivity index (χ2v) is 20.3. The molecule has 0 amide bonds. The maximum Gasteiger partial charge on any atom is -1.00 e. The Hall–Kier alpha value is -2.31. The van der Waals surface area contributed by atoms with E-state index >= 15 is 0 Å². The van der Waals surface area contributed by atoms with Gasteiger partial charge >= 0.3 is 263 Å². The molecule has 0 radical (unpaired) electrons. The van der Waals surface area contributed by atoms with Crippen LogP contribution in [-0.4, -0.2) is 3.21 Å². The normalized spacial score (nSPS) is 14.7. The van der Waals surface area contributed by atoms with Crippen molar-refractivity contribution in [3.05, 3.63) is 123 Å². The predicted molar refractivity (Wildman–Crippen MR) is 180 cm³/mol. The summed E-state index contributed by atoms with van der Waals surface area (Å²) in [5.41, 5.74) is 13.1. The molecular formula is C41H44Cl2Zr.